The van der Waals surface area contributed by atoms with E-state index in [0.29, 0.717) is 5.41 Å². The molecule has 0 bridgehead atoms. The second kappa shape index (κ2) is 33.1. The molecule has 0 saturated heterocycles. The van der Waals surface area contributed by atoms with Gasteiger partial charge in [-0.05, 0) is 105 Å². The monoisotopic (exact) mass is 1200 g/mol. The van der Waals surface area contributed by atoms with Crippen LogP contribution in [0, 0.1) is 13.8 Å². The lowest BCUT2D eigenvalue weighted by Crippen LogP contribution is -2.21. The van der Waals surface area contributed by atoms with Crippen molar-refractivity contribution in [2.45, 2.75) is 250 Å². The molecule has 0 aromatic carbocycles. The minimum absolute atomic E-state index is 0.0360. The zero-order valence-corrected chi connectivity index (χ0v) is 60.0. The molecule has 0 aliphatic heterocycles. The summed E-state index contributed by atoms with van der Waals surface area (Å²) in [5.74, 6) is 2.73. The Balaban J connectivity index is 0.000000478. The summed E-state index contributed by atoms with van der Waals surface area (Å²) < 4.78 is 19.3. The third-order valence-corrected chi connectivity index (χ3v) is 14.6. The van der Waals surface area contributed by atoms with E-state index in [1.807, 2.05) is 77.9 Å². The van der Waals surface area contributed by atoms with E-state index in [-0.39, 0.29) is 43.4 Å². The summed E-state index contributed by atoms with van der Waals surface area (Å²) in [7, 11) is 2.08. The number of aromatic nitrogens is 9. The zero-order valence-electron chi connectivity index (χ0n) is 58.3. The molecule has 9 rings (SSSR count). The van der Waals surface area contributed by atoms with E-state index in [2.05, 4.69) is 283 Å². The summed E-state index contributed by atoms with van der Waals surface area (Å²) in [5, 5.41) is 18.1. The molecule has 1 N–H and O–H groups in total. The number of nitrogens with one attached hydrogen (secondary N) is 1. The molecule has 0 amide bonds. The van der Waals surface area contributed by atoms with Crippen molar-refractivity contribution in [1.82, 2.24) is 44.7 Å². The normalized spacial score (nSPS) is 11.9. The molecule has 0 saturated carbocycles. The number of H-pyrrole nitrogens is 1. The molecule has 9 heterocycles. The lowest BCUT2D eigenvalue weighted by atomic mass is 9.88. The quantitative estimate of drug-likeness (QED) is 0.157. The van der Waals surface area contributed by atoms with Gasteiger partial charge in [-0.2, -0.15) is 10.2 Å². The van der Waals surface area contributed by atoms with Crippen LogP contribution in [-0.2, 0) is 55.9 Å². The Morgan fingerprint density at radius 2 is 1.16 bits per heavy atom. The zero-order chi connectivity index (χ0) is 65.5. The van der Waals surface area contributed by atoms with Crippen LogP contribution in [0.4, 0.5) is 0 Å². The van der Waals surface area contributed by atoms with E-state index >= 15 is 0 Å². The second-order valence-corrected chi connectivity index (χ2v) is 32.4. The van der Waals surface area contributed by atoms with Crippen molar-refractivity contribution in [3.8, 4) is 0 Å². The van der Waals surface area contributed by atoms with Crippen molar-refractivity contribution in [3.63, 3.8) is 0 Å². The van der Waals surface area contributed by atoms with Gasteiger partial charge in [0, 0.05) is 110 Å². The number of thiophene rings is 1. The van der Waals surface area contributed by atoms with Gasteiger partial charge in [0.2, 0.25) is 0 Å². The van der Waals surface area contributed by atoms with Crippen LogP contribution < -0.4 is 0 Å². The molecule has 0 unspecified atom stereocenters. The Kier molecular flexibility index (Phi) is 30.0. The first kappa shape index (κ1) is 76.9. The maximum absolute atomic E-state index is 5.34. The highest BCUT2D eigenvalue weighted by Gasteiger charge is 2.21. The van der Waals surface area contributed by atoms with E-state index in [1.54, 1.807) is 48.7 Å². The molecule has 0 spiro atoms. The number of thiazole rings is 1. The average Bonchev–Trinajstić information content (AvgIpc) is 4.46. The van der Waals surface area contributed by atoms with Crippen LogP contribution >= 0.6 is 22.7 Å². The summed E-state index contributed by atoms with van der Waals surface area (Å²) in [6.07, 6.45) is 18.3. The number of rotatable bonds is 0. The summed E-state index contributed by atoms with van der Waals surface area (Å²) in [6.45, 7) is 62.3. The number of hydrogen-bond acceptors (Lipinski definition) is 11. The molecule has 12 nitrogen and oxygen atoms in total. The van der Waals surface area contributed by atoms with Crippen LogP contribution in [0.15, 0.2) is 148 Å². The molecule has 0 fully saturated rings. The van der Waals surface area contributed by atoms with Crippen LogP contribution in [0.25, 0.3) is 0 Å². The fourth-order valence-corrected chi connectivity index (χ4v) is 8.44. The molecule has 0 aliphatic carbocycles. The van der Waals surface area contributed by atoms with Crippen molar-refractivity contribution in [1.29, 1.82) is 0 Å². The number of pyridine rings is 1. The van der Waals surface area contributed by atoms with Gasteiger partial charge < -0.3 is 17.9 Å². The fourth-order valence-electron chi connectivity index (χ4n) is 6.80. The lowest BCUT2D eigenvalue weighted by molar-refractivity contribution is 0.355. The Hall–Kier alpha value is -6.12. The van der Waals surface area contributed by atoms with E-state index in [4.69, 9.17) is 13.4 Å². The molecule has 0 aliphatic rings. The van der Waals surface area contributed by atoms with Crippen molar-refractivity contribution >= 4 is 22.7 Å². The summed E-state index contributed by atoms with van der Waals surface area (Å²) in [4.78, 5) is 15.2. The number of oxazole rings is 1. The van der Waals surface area contributed by atoms with E-state index in [9.17, 15) is 0 Å². The number of aryl methyl sites for hydroxylation is 3. The molecule has 0 atom stereocenters. The first-order valence-corrected chi connectivity index (χ1v) is 31.2. The molecular weight excluding hydrogens is 1090 g/mol. The van der Waals surface area contributed by atoms with Crippen LogP contribution in [0.2, 0.25) is 0 Å². The number of aromatic amines is 1. The van der Waals surface area contributed by atoms with Gasteiger partial charge in [0.25, 0.3) is 0 Å². The topological polar surface area (TPSA) is 142 Å². The number of nitrogens with zero attached hydrogens (tertiary/aromatic N) is 8. The summed E-state index contributed by atoms with van der Waals surface area (Å²) >= 11 is 3.61. The van der Waals surface area contributed by atoms with Crippen LogP contribution in [0.3, 0.4) is 0 Å². The maximum Gasteiger partial charge on any atom is 0.199 e. The van der Waals surface area contributed by atoms with Gasteiger partial charge in [0.15, 0.2) is 5.89 Å². The van der Waals surface area contributed by atoms with E-state index in [0.717, 1.165) is 23.1 Å². The SMILES string of the molecule is CC(C)(C)c1cccnc1.CC(C)(C)c1ccco1.CC(C)(C)c1cccs1.CC(C)(C)c1ccn[nH]1.CC(C)(C)c1ccon1.CC(C)(C)n1cccn1.Cc1cnc(C(C)(C)C)o1.Cc1cnc(C(C)(C)C)s1.Cn1cccc1C(C)(C)C. The lowest BCUT2D eigenvalue weighted by Gasteiger charge is -2.19. The molecule has 85 heavy (non-hydrogen) atoms. The fraction of sp³-hybridized carbons (Fsp3) is 0.549. The Labute approximate surface area is 523 Å². The van der Waals surface area contributed by atoms with Gasteiger partial charge in [-0.25, -0.2) is 9.97 Å². The van der Waals surface area contributed by atoms with Crippen molar-refractivity contribution in [2.24, 2.45) is 7.05 Å². The van der Waals surface area contributed by atoms with Gasteiger partial charge in [-0.3, -0.25) is 14.8 Å². The predicted molar refractivity (Wildman–Crippen MR) is 363 cm³/mol. The minimum Gasteiger partial charge on any atom is -0.469 e. The van der Waals surface area contributed by atoms with Crippen molar-refractivity contribution < 1.29 is 13.4 Å². The summed E-state index contributed by atoms with van der Waals surface area (Å²) in [5.41, 5.74) is 6.57. The molecule has 9 aromatic heterocycles. The predicted octanol–water partition coefficient (Wildman–Crippen LogP) is 20.7. The first-order chi connectivity index (χ1) is 38.6. The maximum atomic E-state index is 5.34. The summed E-state index contributed by atoms with van der Waals surface area (Å²) in [6, 6.07) is 22.4. The smallest absolute Gasteiger partial charge is 0.199 e. The molecule has 0 radical (unpaired) electrons. The highest BCUT2D eigenvalue weighted by Crippen LogP contribution is 2.28. The van der Waals surface area contributed by atoms with Gasteiger partial charge >= 0.3 is 0 Å². The van der Waals surface area contributed by atoms with Gasteiger partial charge in [-0.15, -0.1) is 22.7 Å². The van der Waals surface area contributed by atoms with Gasteiger partial charge in [-0.1, -0.05) is 183 Å². The van der Waals surface area contributed by atoms with Crippen molar-refractivity contribution in [3.05, 3.63) is 189 Å². The second-order valence-electron chi connectivity index (χ2n) is 30.2. The molecule has 9 aromatic rings. The van der Waals surface area contributed by atoms with Gasteiger partial charge in [0.1, 0.15) is 17.8 Å². The Bertz CT molecular complexity index is 2730. The Morgan fingerprint density at radius 1 is 0.518 bits per heavy atom. The van der Waals surface area contributed by atoms with E-state index < -0.39 is 0 Å². The average molecular weight is 1200 g/mol. The van der Waals surface area contributed by atoms with Crippen LogP contribution in [-0.4, -0.2) is 44.7 Å². The van der Waals surface area contributed by atoms with Crippen LogP contribution in [0.1, 0.15) is 242 Å². The largest absolute Gasteiger partial charge is 0.469 e. The van der Waals surface area contributed by atoms with Gasteiger partial charge in [0.05, 0.1) is 28.7 Å². The molecule has 14 heteroatoms. The number of hydrogen-bond donors (Lipinski definition) is 1. The van der Waals surface area contributed by atoms with Crippen molar-refractivity contribution in [2.75, 3.05) is 0 Å². The Morgan fingerprint density at radius 3 is 1.39 bits per heavy atom. The minimum atomic E-state index is 0.0360. The third-order valence-electron chi connectivity index (χ3n) is 12.0. The third kappa shape index (κ3) is 31.7. The molecular formula is C71H113N9O3S2. The highest BCUT2D eigenvalue weighted by molar-refractivity contribution is 7.11. The highest BCUT2D eigenvalue weighted by atomic mass is 32.1. The molecule has 472 valence electrons. The first-order valence-electron chi connectivity index (χ1n) is 29.5. The van der Waals surface area contributed by atoms with Crippen LogP contribution in [0.5, 0.6) is 0 Å². The standard InChI is InChI=1S/C9H15N.C9H13N.C8H13NO.C8H13NS.C8H12O.C8H12S.2C7H12N2.C7H11NO/c1-9(2,3)8-6-5-7-10(8)4;1-9(2,3)8-5-4-6-10-7-8;2*1-6-5-9-7(10-6)8(2,3)4;2*1-8(2,3)7-5-4-6-9-7;1-7(2,3)9-6-4-5-8-9;1-7(2,3)6-4-5-8-9-6;1-7(2,3)6-4-5-9-8-6/h5-7H,1-4H3;4-7H,1-3H3;2*5H,1-4H3;3*4-6H,1-3H3;4-5H,1-3H3,(H,8,9);4-5H,1-3H3. The van der Waals surface area contributed by atoms with E-state index in [1.165, 1.54) is 31.7 Å². The number of furan rings is 1.